The smallest absolute Gasteiger partial charge is 0.119 e. The van der Waals surface area contributed by atoms with E-state index < -0.39 is 0 Å². The summed E-state index contributed by atoms with van der Waals surface area (Å²) in [5.74, 6) is 0.640. The minimum atomic E-state index is 0.640. The first kappa shape index (κ1) is 8.10. The van der Waals surface area contributed by atoms with Gasteiger partial charge in [0.15, 0.2) is 0 Å². The Morgan fingerprint density at radius 3 is 3.08 bits per heavy atom. The van der Waals surface area contributed by atoms with Gasteiger partial charge in [-0.1, -0.05) is 12.2 Å². The van der Waals surface area contributed by atoms with Gasteiger partial charge in [0.25, 0.3) is 0 Å². The summed E-state index contributed by atoms with van der Waals surface area (Å²) in [6.07, 6.45) is 10.1. The topological polar surface area (TPSA) is 50.4 Å². The van der Waals surface area contributed by atoms with E-state index >= 15 is 0 Å². The summed E-state index contributed by atoms with van der Waals surface area (Å²) in [5.41, 5.74) is 7.88. The molecule has 0 radical (unpaired) electrons. The second-order valence-corrected chi connectivity index (χ2v) is 3.14. The molecule has 2 rings (SSSR count). The van der Waals surface area contributed by atoms with Crippen LogP contribution in [0.25, 0.3) is 0 Å². The lowest BCUT2D eigenvalue weighted by Crippen LogP contribution is -2.16. The van der Waals surface area contributed by atoms with Crippen LogP contribution in [0.2, 0.25) is 0 Å². The highest BCUT2D eigenvalue weighted by Gasteiger charge is 2.09. The predicted octanol–water partition coefficient (Wildman–Crippen LogP) is 1.06. The summed E-state index contributed by atoms with van der Waals surface area (Å²) in [4.78, 5) is 4.30. The Bertz CT molecular complexity index is 321. The van der Waals surface area contributed by atoms with E-state index in [0.29, 0.717) is 5.82 Å². The van der Waals surface area contributed by atoms with Crippen molar-refractivity contribution in [2.45, 2.75) is 12.8 Å². The molecule has 0 aromatic rings. The SMILES string of the molecule is NC1=CCCC(C2=CNCC=C2)=N1. The summed E-state index contributed by atoms with van der Waals surface area (Å²) in [7, 11) is 0. The third-order valence-corrected chi connectivity index (χ3v) is 2.12. The van der Waals surface area contributed by atoms with Crippen LogP contribution >= 0.6 is 0 Å². The van der Waals surface area contributed by atoms with Gasteiger partial charge in [-0.3, -0.25) is 0 Å². The summed E-state index contributed by atoms with van der Waals surface area (Å²) in [6, 6.07) is 0. The number of dihydropyridines is 1. The summed E-state index contributed by atoms with van der Waals surface area (Å²) < 4.78 is 0. The average Bonchev–Trinajstić information content (AvgIpc) is 2.19. The van der Waals surface area contributed by atoms with Gasteiger partial charge in [-0.2, -0.15) is 0 Å². The highest BCUT2D eigenvalue weighted by molar-refractivity contribution is 6.03. The third-order valence-electron chi connectivity index (χ3n) is 2.12. The quantitative estimate of drug-likeness (QED) is 0.626. The van der Waals surface area contributed by atoms with E-state index in [0.717, 1.165) is 30.7 Å². The Balaban J connectivity index is 2.21. The highest BCUT2D eigenvalue weighted by Crippen LogP contribution is 2.14. The lowest BCUT2D eigenvalue weighted by Gasteiger charge is -2.13. The predicted molar refractivity (Wildman–Crippen MR) is 54.2 cm³/mol. The molecule has 0 aromatic heterocycles. The molecule has 0 bridgehead atoms. The van der Waals surface area contributed by atoms with Crippen LogP contribution in [-0.4, -0.2) is 12.3 Å². The standard InChI is InChI=1S/C10H13N3/c11-10-5-1-4-9(13-10)8-3-2-6-12-7-8/h2-3,5,7,12H,1,4,6,11H2. The zero-order valence-electron chi connectivity index (χ0n) is 7.46. The molecule has 0 spiro atoms. The molecule has 3 heteroatoms. The maximum Gasteiger partial charge on any atom is 0.119 e. The van der Waals surface area contributed by atoms with Crippen molar-refractivity contribution in [1.29, 1.82) is 0 Å². The van der Waals surface area contributed by atoms with Gasteiger partial charge in [0.05, 0.1) is 5.71 Å². The summed E-state index contributed by atoms with van der Waals surface area (Å²) in [6.45, 7) is 0.905. The van der Waals surface area contributed by atoms with Gasteiger partial charge >= 0.3 is 0 Å². The van der Waals surface area contributed by atoms with E-state index in [9.17, 15) is 0 Å². The fraction of sp³-hybridized carbons (Fsp3) is 0.300. The lowest BCUT2D eigenvalue weighted by molar-refractivity contribution is 0.952. The number of rotatable bonds is 1. The van der Waals surface area contributed by atoms with Crippen molar-refractivity contribution in [1.82, 2.24) is 5.32 Å². The minimum absolute atomic E-state index is 0.640. The first-order valence-electron chi connectivity index (χ1n) is 4.50. The Morgan fingerprint density at radius 1 is 1.46 bits per heavy atom. The van der Waals surface area contributed by atoms with E-state index in [2.05, 4.69) is 22.5 Å². The monoisotopic (exact) mass is 175 g/mol. The summed E-state index contributed by atoms with van der Waals surface area (Å²) >= 11 is 0. The maximum atomic E-state index is 5.63. The zero-order chi connectivity index (χ0) is 9.10. The van der Waals surface area contributed by atoms with Gasteiger partial charge in [0, 0.05) is 18.3 Å². The highest BCUT2D eigenvalue weighted by atomic mass is 14.9. The molecule has 0 aliphatic carbocycles. The van der Waals surface area contributed by atoms with Crippen LogP contribution in [-0.2, 0) is 0 Å². The average molecular weight is 175 g/mol. The van der Waals surface area contributed by atoms with Gasteiger partial charge in [-0.15, -0.1) is 0 Å². The van der Waals surface area contributed by atoms with Gasteiger partial charge in [-0.05, 0) is 18.9 Å². The number of hydrogen-bond donors (Lipinski definition) is 2. The van der Waals surface area contributed by atoms with Crippen LogP contribution in [0.5, 0.6) is 0 Å². The number of nitrogens with zero attached hydrogens (tertiary/aromatic N) is 1. The van der Waals surface area contributed by atoms with E-state index in [1.54, 1.807) is 0 Å². The largest absolute Gasteiger partial charge is 0.387 e. The molecular formula is C10H13N3. The molecule has 2 aliphatic rings. The van der Waals surface area contributed by atoms with Gasteiger partial charge < -0.3 is 11.1 Å². The zero-order valence-corrected chi connectivity index (χ0v) is 7.46. The molecule has 2 aliphatic heterocycles. The number of aliphatic imine (C=N–C) groups is 1. The van der Waals surface area contributed by atoms with Gasteiger partial charge in [0.1, 0.15) is 5.82 Å². The first-order valence-corrected chi connectivity index (χ1v) is 4.50. The fourth-order valence-electron chi connectivity index (χ4n) is 1.47. The van der Waals surface area contributed by atoms with E-state index in [-0.39, 0.29) is 0 Å². The maximum absolute atomic E-state index is 5.63. The van der Waals surface area contributed by atoms with E-state index in [1.165, 1.54) is 0 Å². The molecule has 3 N–H and O–H groups in total. The second kappa shape index (κ2) is 3.47. The van der Waals surface area contributed by atoms with Crippen molar-refractivity contribution in [2.24, 2.45) is 10.7 Å². The minimum Gasteiger partial charge on any atom is -0.387 e. The van der Waals surface area contributed by atoms with Gasteiger partial charge in [-0.25, -0.2) is 4.99 Å². The second-order valence-electron chi connectivity index (χ2n) is 3.14. The van der Waals surface area contributed by atoms with Crippen molar-refractivity contribution in [3.8, 4) is 0 Å². The van der Waals surface area contributed by atoms with Crippen LogP contribution in [0.1, 0.15) is 12.8 Å². The van der Waals surface area contributed by atoms with Gasteiger partial charge in [0.2, 0.25) is 0 Å². The molecule has 0 unspecified atom stereocenters. The molecule has 0 amide bonds. The molecule has 68 valence electrons. The molecule has 0 saturated heterocycles. The van der Waals surface area contributed by atoms with Crippen molar-refractivity contribution < 1.29 is 0 Å². The molecular weight excluding hydrogens is 162 g/mol. The third kappa shape index (κ3) is 1.80. The number of nitrogens with two attached hydrogens (primary N) is 1. The number of nitrogens with one attached hydrogen (secondary N) is 1. The Labute approximate surface area is 77.7 Å². The molecule has 2 heterocycles. The van der Waals surface area contributed by atoms with Crippen LogP contribution in [0.15, 0.2) is 40.8 Å². The van der Waals surface area contributed by atoms with Crippen molar-refractivity contribution >= 4 is 5.71 Å². The normalized spacial score (nSPS) is 21.4. The van der Waals surface area contributed by atoms with Crippen molar-refractivity contribution in [3.05, 3.63) is 35.8 Å². The van der Waals surface area contributed by atoms with Crippen LogP contribution in [0.3, 0.4) is 0 Å². The molecule has 0 aromatic carbocycles. The number of allylic oxidation sites excluding steroid dienone is 3. The van der Waals surface area contributed by atoms with E-state index in [4.69, 9.17) is 5.73 Å². The Morgan fingerprint density at radius 2 is 2.38 bits per heavy atom. The van der Waals surface area contributed by atoms with Crippen LogP contribution < -0.4 is 11.1 Å². The lowest BCUT2D eigenvalue weighted by atomic mass is 10.0. The van der Waals surface area contributed by atoms with Crippen molar-refractivity contribution in [3.63, 3.8) is 0 Å². The Hall–Kier alpha value is -1.51. The first-order chi connectivity index (χ1) is 6.36. The molecule has 3 nitrogen and oxygen atoms in total. The van der Waals surface area contributed by atoms with E-state index in [1.807, 2.05) is 12.3 Å². The molecule has 0 fully saturated rings. The van der Waals surface area contributed by atoms with Crippen LogP contribution in [0, 0.1) is 0 Å². The van der Waals surface area contributed by atoms with Crippen molar-refractivity contribution in [2.75, 3.05) is 6.54 Å². The summed E-state index contributed by atoms with van der Waals surface area (Å²) in [5, 5.41) is 3.16. The fourth-order valence-corrected chi connectivity index (χ4v) is 1.47. The molecule has 0 saturated carbocycles. The molecule has 0 atom stereocenters. The Kier molecular flexibility index (Phi) is 2.17. The number of hydrogen-bond acceptors (Lipinski definition) is 3. The van der Waals surface area contributed by atoms with Crippen LogP contribution in [0.4, 0.5) is 0 Å². The molecule has 13 heavy (non-hydrogen) atoms.